The van der Waals surface area contributed by atoms with E-state index in [1.807, 2.05) is 36.4 Å². The zero-order valence-corrected chi connectivity index (χ0v) is 8.73. The molecule has 0 aromatic heterocycles. The Morgan fingerprint density at radius 2 is 1.67 bits per heavy atom. The Labute approximate surface area is 89.5 Å². The minimum absolute atomic E-state index is 0.378. The topological polar surface area (TPSA) is 50.8 Å². The van der Waals surface area contributed by atoms with E-state index < -0.39 is 0 Å². The van der Waals surface area contributed by atoms with Gasteiger partial charge in [0.2, 0.25) is 0 Å². The van der Waals surface area contributed by atoms with Gasteiger partial charge in [-0.1, -0.05) is 30.3 Å². The number of rotatable bonds is 2. The second-order valence-electron chi connectivity index (χ2n) is 3.21. The average molecular weight is 197 g/mol. The highest BCUT2D eigenvalue weighted by atomic mass is 15.1. The molecule has 1 aromatic carbocycles. The van der Waals surface area contributed by atoms with E-state index >= 15 is 0 Å². The molecule has 0 radical (unpaired) electrons. The van der Waals surface area contributed by atoms with Crippen molar-refractivity contribution in [2.45, 2.75) is 0 Å². The highest BCUT2D eigenvalue weighted by molar-refractivity contribution is 5.81. The fraction of sp³-hybridized carbons (Fsp3) is 0.167. The van der Waals surface area contributed by atoms with Crippen LogP contribution in [0.25, 0.3) is 5.57 Å². The van der Waals surface area contributed by atoms with Crippen LogP contribution in [0.1, 0.15) is 5.56 Å². The van der Waals surface area contributed by atoms with Crippen molar-refractivity contribution in [3.63, 3.8) is 0 Å². The lowest BCUT2D eigenvalue weighted by Crippen LogP contribution is -2.11. The lowest BCUT2D eigenvalue weighted by atomic mass is 10.1. The van der Waals surface area contributed by atoms with Crippen LogP contribution in [0.3, 0.4) is 0 Å². The van der Waals surface area contributed by atoms with E-state index in [0.29, 0.717) is 11.3 Å². The molecule has 1 aromatic rings. The molecule has 0 heterocycles. The number of allylic oxidation sites excluding steroid dienone is 2. The van der Waals surface area contributed by atoms with Gasteiger partial charge in [-0.2, -0.15) is 10.5 Å². The van der Waals surface area contributed by atoms with Crippen molar-refractivity contribution < 1.29 is 0 Å². The molecule has 0 amide bonds. The monoisotopic (exact) mass is 197 g/mol. The second-order valence-corrected chi connectivity index (χ2v) is 3.21. The van der Waals surface area contributed by atoms with Gasteiger partial charge in [0.25, 0.3) is 0 Å². The molecule has 3 nitrogen and oxygen atoms in total. The average Bonchev–Trinajstić information content (AvgIpc) is 2.26. The molecule has 3 heteroatoms. The molecule has 0 bridgehead atoms. The number of nitriles is 2. The Balaban J connectivity index is 3.33. The molecule has 15 heavy (non-hydrogen) atoms. The molecule has 0 spiro atoms. The quantitative estimate of drug-likeness (QED) is 0.681. The first-order chi connectivity index (χ1) is 7.20. The van der Waals surface area contributed by atoms with E-state index in [-0.39, 0.29) is 0 Å². The smallest absolute Gasteiger partial charge is 0.134 e. The lowest BCUT2D eigenvalue weighted by molar-refractivity contribution is 0.536. The van der Waals surface area contributed by atoms with E-state index in [0.717, 1.165) is 5.56 Å². The van der Waals surface area contributed by atoms with E-state index in [9.17, 15) is 0 Å². The van der Waals surface area contributed by atoms with Crippen molar-refractivity contribution in [1.82, 2.24) is 4.90 Å². The molecule has 1 rings (SSSR count). The molecular weight excluding hydrogens is 186 g/mol. The first-order valence-corrected chi connectivity index (χ1v) is 4.48. The Morgan fingerprint density at radius 1 is 1.07 bits per heavy atom. The summed E-state index contributed by atoms with van der Waals surface area (Å²) in [6.07, 6.45) is 0. The molecule has 0 aliphatic heterocycles. The third-order valence-electron chi connectivity index (χ3n) is 1.96. The van der Waals surface area contributed by atoms with Crippen LogP contribution in [0.2, 0.25) is 0 Å². The van der Waals surface area contributed by atoms with Crippen molar-refractivity contribution in [2.75, 3.05) is 14.1 Å². The van der Waals surface area contributed by atoms with Crippen molar-refractivity contribution in [3.8, 4) is 12.1 Å². The minimum Gasteiger partial charge on any atom is -0.368 e. The van der Waals surface area contributed by atoms with E-state index in [1.165, 1.54) is 0 Å². The van der Waals surface area contributed by atoms with Crippen LogP contribution < -0.4 is 0 Å². The maximum atomic E-state index is 9.04. The Morgan fingerprint density at radius 3 is 2.07 bits per heavy atom. The third kappa shape index (κ3) is 2.36. The SMILES string of the molecule is CN(C)C(C#N)=C(C#N)c1ccccc1. The first-order valence-electron chi connectivity index (χ1n) is 4.48. The molecule has 0 unspecified atom stereocenters. The number of benzene rings is 1. The van der Waals surface area contributed by atoms with Gasteiger partial charge in [-0.3, -0.25) is 0 Å². The standard InChI is InChI=1S/C12H11N3/c1-15(2)12(9-14)11(8-13)10-6-4-3-5-7-10/h3-7H,1-2H3. The summed E-state index contributed by atoms with van der Waals surface area (Å²) in [5.74, 6) is 0. The van der Waals surface area contributed by atoms with Gasteiger partial charge in [-0.05, 0) is 5.56 Å². The van der Waals surface area contributed by atoms with Crippen LogP contribution in [-0.2, 0) is 0 Å². The van der Waals surface area contributed by atoms with Crippen molar-refractivity contribution >= 4 is 5.57 Å². The zero-order chi connectivity index (χ0) is 11.3. The van der Waals surface area contributed by atoms with Crippen molar-refractivity contribution in [2.24, 2.45) is 0 Å². The maximum Gasteiger partial charge on any atom is 0.134 e. The normalized spacial score (nSPS) is 10.9. The molecule has 0 fully saturated rings. The van der Waals surface area contributed by atoms with Crippen LogP contribution in [0.4, 0.5) is 0 Å². The fourth-order valence-corrected chi connectivity index (χ4v) is 1.24. The summed E-state index contributed by atoms with van der Waals surface area (Å²) in [6, 6.07) is 13.3. The van der Waals surface area contributed by atoms with E-state index in [4.69, 9.17) is 10.5 Å². The first kappa shape index (κ1) is 10.8. The predicted octanol–water partition coefficient (Wildman–Crippen LogP) is 2.01. The Hall–Kier alpha value is -2.26. The molecule has 0 aliphatic rings. The number of hydrogen-bond donors (Lipinski definition) is 0. The summed E-state index contributed by atoms with van der Waals surface area (Å²) in [4.78, 5) is 1.64. The second kappa shape index (κ2) is 4.83. The van der Waals surface area contributed by atoms with Crippen LogP contribution in [0, 0.1) is 22.7 Å². The van der Waals surface area contributed by atoms with Crippen molar-refractivity contribution in [1.29, 1.82) is 10.5 Å². The highest BCUT2D eigenvalue weighted by Crippen LogP contribution is 2.18. The largest absolute Gasteiger partial charge is 0.368 e. The Bertz CT molecular complexity index is 444. The maximum absolute atomic E-state index is 9.04. The molecule has 0 N–H and O–H groups in total. The van der Waals surface area contributed by atoms with Gasteiger partial charge >= 0.3 is 0 Å². The van der Waals surface area contributed by atoms with Gasteiger partial charge in [-0.15, -0.1) is 0 Å². The van der Waals surface area contributed by atoms with Gasteiger partial charge in [0.1, 0.15) is 17.8 Å². The minimum atomic E-state index is 0.378. The van der Waals surface area contributed by atoms with Crippen LogP contribution >= 0.6 is 0 Å². The fourth-order valence-electron chi connectivity index (χ4n) is 1.24. The van der Waals surface area contributed by atoms with Crippen LogP contribution in [0.15, 0.2) is 36.0 Å². The summed E-state index contributed by atoms with van der Waals surface area (Å²) < 4.78 is 0. The summed E-state index contributed by atoms with van der Waals surface area (Å²) in [6.45, 7) is 0. The van der Waals surface area contributed by atoms with E-state index in [1.54, 1.807) is 19.0 Å². The third-order valence-corrected chi connectivity index (χ3v) is 1.96. The van der Waals surface area contributed by atoms with Crippen molar-refractivity contribution in [3.05, 3.63) is 41.6 Å². The van der Waals surface area contributed by atoms with Gasteiger partial charge in [-0.25, -0.2) is 0 Å². The molecule has 0 atom stereocenters. The number of hydrogen-bond acceptors (Lipinski definition) is 3. The molecular formula is C12H11N3. The van der Waals surface area contributed by atoms with Gasteiger partial charge in [0.05, 0.1) is 5.57 Å². The molecule has 0 saturated heterocycles. The lowest BCUT2D eigenvalue weighted by Gasteiger charge is -2.12. The van der Waals surface area contributed by atoms with Gasteiger partial charge in [0.15, 0.2) is 0 Å². The Kier molecular flexibility index (Phi) is 3.49. The van der Waals surface area contributed by atoms with Crippen LogP contribution in [0.5, 0.6) is 0 Å². The molecule has 0 saturated carbocycles. The summed E-state index contributed by atoms with van der Waals surface area (Å²) in [5, 5.41) is 18.0. The molecule has 0 aliphatic carbocycles. The predicted molar refractivity (Wildman–Crippen MR) is 58.3 cm³/mol. The number of nitrogens with zero attached hydrogens (tertiary/aromatic N) is 3. The van der Waals surface area contributed by atoms with Gasteiger partial charge < -0.3 is 4.90 Å². The summed E-state index contributed by atoms with van der Waals surface area (Å²) >= 11 is 0. The van der Waals surface area contributed by atoms with E-state index in [2.05, 4.69) is 6.07 Å². The highest BCUT2D eigenvalue weighted by Gasteiger charge is 2.09. The zero-order valence-electron chi connectivity index (χ0n) is 8.73. The summed E-state index contributed by atoms with van der Waals surface area (Å²) in [7, 11) is 3.50. The van der Waals surface area contributed by atoms with Gasteiger partial charge in [0, 0.05) is 14.1 Å². The summed E-state index contributed by atoms with van der Waals surface area (Å²) in [5.41, 5.74) is 1.55. The van der Waals surface area contributed by atoms with Crippen LogP contribution in [-0.4, -0.2) is 19.0 Å². The molecule has 74 valence electrons.